The lowest BCUT2D eigenvalue weighted by atomic mass is 9.97. The lowest BCUT2D eigenvalue weighted by Gasteiger charge is -2.19. The highest BCUT2D eigenvalue weighted by Crippen LogP contribution is 2.21. The van der Waals surface area contributed by atoms with Gasteiger partial charge in [-0.3, -0.25) is 4.79 Å². The monoisotopic (exact) mass is 234 g/mol. The Balaban J connectivity index is 2.43. The van der Waals surface area contributed by atoms with Crippen molar-refractivity contribution in [3.8, 4) is 0 Å². The molecule has 0 unspecified atom stereocenters. The molecule has 6 heteroatoms. The van der Waals surface area contributed by atoms with E-state index < -0.39 is 36.0 Å². The molecule has 1 fully saturated rings. The average Bonchev–Trinajstić information content (AvgIpc) is 2.41. The van der Waals surface area contributed by atoms with E-state index in [-0.39, 0.29) is 6.61 Å². The minimum Gasteiger partial charge on any atom is -0.462 e. The van der Waals surface area contributed by atoms with Crippen LogP contribution in [-0.2, 0) is 14.3 Å². The highest BCUT2D eigenvalue weighted by atomic mass is 16.7. The Morgan fingerprint density at radius 2 is 1.81 bits per heavy atom. The molecule has 1 rings (SSSR count). The van der Waals surface area contributed by atoms with Crippen molar-refractivity contribution in [1.29, 1.82) is 0 Å². The number of carbonyl (C=O) groups is 1. The molecule has 1 heterocycles. The van der Waals surface area contributed by atoms with Crippen molar-refractivity contribution in [1.82, 2.24) is 0 Å². The molecular weight excluding hydrogens is 216 g/mol. The smallest absolute Gasteiger partial charge is 0.311 e. The first-order valence-corrected chi connectivity index (χ1v) is 5.10. The van der Waals surface area contributed by atoms with Crippen LogP contribution < -0.4 is 0 Å². The number of carbonyl (C=O) groups excluding carboxylic acids is 1. The summed E-state index contributed by atoms with van der Waals surface area (Å²) in [6, 6.07) is 0. The molecule has 0 aromatic heterocycles. The summed E-state index contributed by atoms with van der Waals surface area (Å²) in [5.74, 6) is -0.431. The second-order valence-corrected chi connectivity index (χ2v) is 4.89. The van der Waals surface area contributed by atoms with Crippen LogP contribution in [0.25, 0.3) is 0 Å². The first-order valence-electron chi connectivity index (χ1n) is 5.10. The first kappa shape index (κ1) is 13.4. The third-order valence-electron chi connectivity index (χ3n) is 2.33. The Hall–Kier alpha value is -0.690. The second kappa shape index (κ2) is 4.67. The van der Waals surface area contributed by atoms with Gasteiger partial charge in [0.05, 0.1) is 5.41 Å². The van der Waals surface area contributed by atoms with Crippen LogP contribution in [0.15, 0.2) is 0 Å². The van der Waals surface area contributed by atoms with Crippen LogP contribution in [0.2, 0.25) is 0 Å². The van der Waals surface area contributed by atoms with Crippen molar-refractivity contribution in [2.45, 2.75) is 45.4 Å². The molecule has 4 atom stereocenters. The predicted octanol–water partition coefficient (Wildman–Crippen LogP) is -0.985. The Kier molecular flexibility index (Phi) is 3.90. The van der Waals surface area contributed by atoms with Gasteiger partial charge in [0.15, 0.2) is 6.29 Å². The van der Waals surface area contributed by atoms with E-state index in [4.69, 9.17) is 14.6 Å². The van der Waals surface area contributed by atoms with E-state index in [1.54, 1.807) is 20.8 Å². The van der Waals surface area contributed by atoms with E-state index in [9.17, 15) is 15.0 Å². The second-order valence-electron chi connectivity index (χ2n) is 4.89. The van der Waals surface area contributed by atoms with Gasteiger partial charge in [-0.15, -0.1) is 0 Å². The lowest BCUT2D eigenvalue weighted by Crippen LogP contribution is -2.36. The minimum absolute atomic E-state index is 0.189. The Morgan fingerprint density at radius 3 is 2.19 bits per heavy atom. The van der Waals surface area contributed by atoms with Crippen molar-refractivity contribution >= 4 is 5.97 Å². The van der Waals surface area contributed by atoms with E-state index in [2.05, 4.69) is 0 Å². The SMILES string of the molecule is CC(C)(C)C(=O)OC[C@H]1O[C@H](O)[C@H](O)[C@@H]1O. The molecule has 1 saturated heterocycles. The van der Waals surface area contributed by atoms with Crippen LogP contribution >= 0.6 is 0 Å². The molecule has 0 aromatic carbocycles. The summed E-state index contributed by atoms with van der Waals surface area (Å²) >= 11 is 0. The minimum atomic E-state index is -1.44. The molecule has 1 aliphatic heterocycles. The maximum absolute atomic E-state index is 11.4. The van der Waals surface area contributed by atoms with Gasteiger partial charge in [0, 0.05) is 0 Å². The highest BCUT2D eigenvalue weighted by Gasteiger charge is 2.42. The van der Waals surface area contributed by atoms with Gasteiger partial charge >= 0.3 is 5.97 Å². The van der Waals surface area contributed by atoms with Gasteiger partial charge in [0.1, 0.15) is 24.9 Å². The van der Waals surface area contributed by atoms with E-state index in [0.717, 1.165) is 0 Å². The number of ether oxygens (including phenoxy) is 2. The molecule has 1 aliphatic rings. The zero-order chi connectivity index (χ0) is 12.5. The Morgan fingerprint density at radius 1 is 1.25 bits per heavy atom. The van der Waals surface area contributed by atoms with Gasteiger partial charge in [0.2, 0.25) is 0 Å². The average molecular weight is 234 g/mol. The van der Waals surface area contributed by atoms with E-state index in [0.29, 0.717) is 0 Å². The summed E-state index contributed by atoms with van der Waals surface area (Å²) in [7, 11) is 0. The van der Waals surface area contributed by atoms with Gasteiger partial charge in [-0.05, 0) is 20.8 Å². The summed E-state index contributed by atoms with van der Waals surface area (Å²) in [6.45, 7) is 4.91. The fourth-order valence-electron chi connectivity index (χ4n) is 1.24. The fourth-order valence-corrected chi connectivity index (χ4v) is 1.24. The zero-order valence-electron chi connectivity index (χ0n) is 9.58. The van der Waals surface area contributed by atoms with Crippen molar-refractivity contribution < 1.29 is 29.6 Å². The van der Waals surface area contributed by atoms with Gasteiger partial charge in [0.25, 0.3) is 0 Å². The Bertz CT molecular complexity index is 259. The molecule has 6 nitrogen and oxygen atoms in total. The number of aliphatic hydroxyl groups excluding tert-OH is 3. The van der Waals surface area contributed by atoms with E-state index in [1.165, 1.54) is 0 Å². The molecule has 0 aliphatic carbocycles. The van der Waals surface area contributed by atoms with Crippen LogP contribution in [0, 0.1) is 5.41 Å². The van der Waals surface area contributed by atoms with Gasteiger partial charge in [-0.2, -0.15) is 0 Å². The van der Waals surface area contributed by atoms with Gasteiger partial charge < -0.3 is 24.8 Å². The van der Waals surface area contributed by atoms with Crippen molar-refractivity contribution in [3.63, 3.8) is 0 Å². The van der Waals surface area contributed by atoms with Crippen LogP contribution in [0.5, 0.6) is 0 Å². The third kappa shape index (κ3) is 2.91. The quantitative estimate of drug-likeness (QED) is 0.531. The molecule has 3 N–H and O–H groups in total. The summed E-state index contributed by atoms with van der Waals surface area (Å²) in [5.41, 5.74) is -0.638. The molecule has 0 aromatic rings. The Labute approximate surface area is 93.8 Å². The number of rotatable bonds is 2. The summed E-state index contributed by atoms with van der Waals surface area (Å²) < 4.78 is 9.74. The van der Waals surface area contributed by atoms with Crippen LogP contribution in [0.1, 0.15) is 20.8 Å². The first-order chi connectivity index (χ1) is 7.23. The van der Waals surface area contributed by atoms with Gasteiger partial charge in [-0.1, -0.05) is 0 Å². The summed E-state index contributed by atoms with van der Waals surface area (Å²) in [4.78, 5) is 11.4. The third-order valence-corrected chi connectivity index (χ3v) is 2.33. The normalized spacial score (nSPS) is 35.1. The summed E-state index contributed by atoms with van der Waals surface area (Å²) in [6.07, 6.45) is -4.94. The fraction of sp³-hybridized carbons (Fsp3) is 0.900. The largest absolute Gasteiger partial charge is 0.462 e. The maximum atomic E-state index is 11.4. The maximum Gasteiger partial charge on any atom is 0.311 e. The number of hydrogen-bond donors (Lipinski definition) is 3. The topological polar surface area (TPSA) is 96.2 Å². The van der Waals surface area contributed by atoms with Crippen molar-refractivity contribution in [3.05, 3.63) is 0 Å². The molecule has 94 valence electrons. The number of hydrogen-bond acceptors (Lipinski definition) is 6. The lowest BCUT2D eigenvalue weighted by molar-refractivity contribution is -0.164. The van der Waals surface area contributed by atoms with Crippen LogP contribution in [-0.4, -0.2) is 52.5 Å². The van der Waals surface area contributed by atoms with Crippen molar-refractivity contribution in [2.75, 3.05) is 6.61 Å². The van der Waals surface area contributed by atoms with Gasteiger partial charge in [-0.25, -0.2) is 0 Å². The van der Waals surface area contributed by atoms with Crippen LogP contribution in [0.4, 0.5) is 0 Å². The molecular formula is C10H18O6. The van der Waals surface area contributed by atoms with Crippen LogP contribution in [0.3, 0.4) is 0 Å². The number of aliphatic hydroxyl groups is 3. The highest BCUT2D eigenvalue weighted by molar-refractivity contribution is 5.75. The molecule has 0 amide bonds. The predicted molar refractivity (Wildman–Crippen MR) is 53.3 cm³/mol. The zero-order valence-corrected chi connectivity index (χ0v) is 9.58. The van der Waals surface area contributed by atoms with E-state index >= 15 is 0 Å². The molecule has 16 heavy (non-hydrogen) atoms. The van der Waals surface area contributed by atoms with E-state index in [1.807, 2.05) is 0 Å². The molecule has 0 bridgehead atoms. The standard InChI is InChI=1S/C10H18O6/c1-10(2,3)9(14)15-4-5-6(11)7(12)8(13)16-5/h5-8,11-13H,4H2,1-3H3/t5-,6-,7-,8+/m1/s1. The number of esters is 1. The molecule has 0 spiro atoms. The summed E-state index contributed by atoms with van der Waals surface area (Å²) in [5, 5.41) is 27.7. The molecule has 0 radical (unpaired) electrons. The molecule has 0 saturated carbocycles. The van der Waals surface area contributed by atoms with Crippen molar-refractivity contribution in [2.24, 2.45) is 5.41 Å².